The molecule has 4 heteroatoms. The molecule has 4 nitrogen and oxygen atoms in total. The molecule has 0 atom stereocenters. The topological polar surface area (TPSA) is 50.4 Å². The van der Waals surface area contributed by atoms with Crippen LogP contribution in [0.3, 0.4) is 0 Å². The first-order chi connectivity index (χ1) is 5.45. The lowest BCUT2D eigenvalue weighted by molar-refractivity contribution is 0.136. The van der Waals surface area contributed by atoms with Crippen molar-refractivity contribution in [3.8, 4) is 0 Å². The Morgan fingerprint density at radius 2 is 2.00 bits per heavy atom. The molecule has 0 fully saturated rings. The molecule has 0 spiro atoms. The predicted molar refractivity (Wildman–Crippen MR) is 47.9 cm³/mol. The van der Waals surface area contributed by atoms with E-state index in [9.17, 15) is 4.79 Å². The second kappa shape index (κ2) is 4.98. The van der Waals surface area contributed by atoms with E-state index in [1.54, 1.807) is 7.05 Å². The molecule has 0 saturated carbocycles. The van der Waals surface area contributed by atoms with Gasteiger partial charge in [0, 0.05) is 6.54 Å². The molecule has 12 heavy (non-hydrogen) atoms. The van der Waals surface area contributed by atoms with Gasteiger partial charge in [-0.25, -0.2) is 4.79 Å². The molecule has 0 aromatic rings. The number of nitrogens with one attached hydrogen (secondary N) is 2. The molecule has 0 heterocycles. The molecular formula is C8H18N2O2. The van der Waals surface area contributed by atoms with Crippen molar-refractivity contribution in [2.75, 3.05) is 20.3 Å². The van der Waals surface area contributed by atoms with Crippen molar-refractivity contribution in [1.82, 2.24) is 10.6 Å². The van der Waals surface area contributed by atoms with Gasteiger partial charge < -0.3 is 10.1 Å². The summed E-state index contributed by atoms with van der Waals surface area (Å²) >= 11 is 0. The first kappa shape index (κ1) is 11.2. The van der Waals surface area contributed by atoms with E-state index in [0.717, 1.165) is 0 Å². The highest BCUT2D eigenvalue weighted by molar-refractivity contribution is 5.67. The Morgan fingerprint density at radius 3 is 2.42 bits per heavy atom. The van der Waals surface area contributed by atoms with Crippen LogP contribution >= 0.6 is 0 Å². The Balaban J connectivity index is 3.44. The van der Waals surface area contributed by atoms with Gasteiger partial charge in [-0.1, -0.05) is 20.8 Å². The molecule has 72 valence electrons. The number of amides is 1. The minimum Gasteiger partial charge on any atom is -0.434 e. The summed E-state index contributed by atoms with van der Waals surface area (Å²) in [6.45, 7) is 7.01. The maximum atomic E-state index is 10.9. The lowest BCUT2D eigenvalue weighted by Crippen LogP contribution is -2.34. The predicted octanol–water partition coefficient (Wildman–Crippen LogP) is 0.936. The molecular weight excluding hydrogens is 156 g/mol. The number of ether oxygens (including phenoxy) is 1. The van der Waals surface area contributed by atoms with Gasteiger partial charge >= 0.3 is 6.09 Å². The van der Waals surface area contributed by atoms with Crippen molar-refractivity contribution in [2.45, 2.75) is 20.8 Å². The van der Waals surface area contributed by atoms with Gasteiger partial charge in [-0.15, -0.1) is 0 Å². The summed E-state index contributed by atoms with van der Waals surface area (Å²) in [5, 5.41) is 5.37. The number of carbonyl (C=O) groups is 1. The van der Waals surface area contributed by atoms with Gasteiger partial charge in [0.2, 0.25) is 0 Å². The molecule has 0 aromatic heterocycles. The molecule has 2 N–H and O–H groups in total. The monoisotopic (exact) mass is 174 g/mol. The van der Waals surface area contributed by atoms with Gasteiger partial charge in [0.05, 0.1) is 0 Å². The summed E-state index contributed by atoms with van der Waals surface area (Å²) in [6.07, 6.45) is -0.376. The average Bonchev–Trinajstić information content (AvgIpc) is 1.95. The zero-order valence-corrected chi connectivity index (χ0v) is 8.23. The first-order valence-corrected chi connectivity index (χ1v) is 4.01. The molecule has 0 aromatic carbocycles. The van der Waals surface area contributed by atoms with Crippen LogP contribution in [0.4, 0.5) is 4.79 Å². The summed E-state index contributed by atoms with van der Waals surface area (Å²) in [6, 6.07) is 0. The number of carbonyl (C=O) groups excluding carboxylic acids is 1. The third-order valence-corrected chi connectivity index (χ3v) is 1.11. The second-order valence-electron chi connectivity index (χ2n) is 3.84. The summed E-state index contributed by atoms with van der Waals surface area (Å²) < 4.78 is 4.73. The van der Waals surface area contributed by atoms with Crippen LogP contribution in [0.1, 0.15) is 20.8 Å². The van der Waals surface area contributed by atoms with Crippen molar-refractivity contribution in [2.24, 2.45) is 5.41 Å². The minimum absolute atomic E-state index is 0.0959. The van der Waals surface area contributed by atoms with Crippen LogP contribution in [0.25, 0.3) is 0 Å². The molecule has 0 radical (unpaired) electrons. The fourth-order valence-electron chi connectivity index (χ4n) is 0.526. The molecule has 0 aliphatic carbocycles. The van der Waals surface area contributed by atoms with E-state index in [0.29, 0.717) is 6.54 Å². The second-order valence-corrected chi connectivity index (χ2v) is 3.84. The minimum atomic E-state index is -0.376. The van der Waals surface area contributed by atoms with E-state index >= 15 is 0 Å². The van der Waals surface area contributed by atoms with E-state index in [1.807, 2.05) is 20.8 Å². The molecule has 0 saturated heterocycles. The van der Waals surface area contributed by atoms with E-state index in [-0.39, 0.29) is 18.2 Å². The molecule has 0 rings (SSSR count). The number of hydrogen-bond acceptors (Lipinski definition) is 3. The average molecular weight is 174 g/mol. The highest BCUT2D eigenvalue weighted by Gasteiger charge is 2.11. The normalized spacial score (nSPS) is 11.0. The SMILES string of the molecule is CNCOC(=O)NCC(C)(C)C. The zero-order valence-electron chi connectivity index (χ0n) is 8.23. The van der Waals surface area contributed by atoms with E-state index in [2.05, 4.69) is 10.6 Å². The van der Waals surface area contributed by atoms with E-state index in [1.165, 1.54) is 0 Å². The highest BCUT2D eigenvalue weighted by atomic mass is 16.6. The van der Waals surface area contributed by atoms with Gasteiger partial charge in [0.1, 0.15) is 6.73 Å². The Kier molecular flexibility index (Phi) is 4.66. The van der Waals surface area contributed by atoms with Gasteiger partial charge in [0.25, 0.3) is 0 Å². The molecule has 0 aliphatic heterocycles. The maximum Gasteiger partial charge on any atom is 0.408 e. The van der Waals surface area contributed by atoms with Crippen LogP contribution in [0.2, 0.25) is 0 Å². The smallest absolute Gasteiger partial charge is 0.408 e. The lowest BCUT2D eigenvalue weighted by atomic mass is 9.97. The van der Waals surface area contributed by atoms with Crippen LogP contribution in [-0.2, 0) is 4.74 Å². The Morgan fingerprint density at radius 1 is 1.42 bits per heavy atom. The largest absolute Gasteiger partial charge is 0.434 e. The summed E-state index contributed by atoms with van der Waals surface area (Å²) in [5.74, 6) is 0. The quantitative estimate of drug-likeness (QED) is 0.626. The first-order valence-electron chi connectivity index (χ1n) is 4.01. The van der Waals surface area contributed by atoms with Crippen molar-refractivity contribution < 1.29 is 9.53 Å². The van der Waals surface area contributed by atoms with Crippen molar-refractivity contribution in [3.63, 3.8) is 0 Å². The Hall–Kier alpha value is -0.770. The van der Waals surface area contributed by atoms with Crippen molar-refractivity contribution >= 4 is 6.09 Å². The van der Waals surface area contributed by atoms with E-state index in [4.69, 9.17) is 4.74 Å². The van der Waals surface area contributed by atoms with Gasteiger partial charge in [-0.3, -0.25) is 5.32 Å². The standard InChI is InChI=1S/C8H18N2O2/c1-8(2,3)5-10-7(11)12-6-9-4/h9H,5-6H2,1-4H3,(H,10,11). The zero-order chi connectivity index (χ0) is 9.61. The molecule has 1 amide bonds. The summed E-state index contributed by atoms with van der Waals surface area (Å²) in [7, 11) is 1.72. The van der Waals surface area contributed by atoms with Crippen LogP contribution in [-0.4, -0.2) is 26.4 Å². The number of hydrogen-bond donors (Lipinski definition) is 2. The third-order valence-electron chi connectivity index (χ3n) is 1.11. The molecule has 0 unspecified atom stereocenters. The van der Waals surface area contributed by atoms with Gasteiger partial charge in [0.15, 0.2) is 0 Å². The lowest BCUT2D eigenvalue weighted by Gasteiger charge is -2.18. The summed E-state index contributed by atoms with van der Waals surface area (Å²) in [5.41, 5.74) is 0.0959. The van der Waals surface area contributed by atoms with Crippen molar-refractivity contribution in [3.05, 3.63) is 0 Å². The fraction of sp³-hybridized carbons (Fsp3) is 0.875. The van der Waals surface area contributed by atoms with Crippen LogP contribution in [0.5, 0.6) is 0 Å². The number of rotatable bonds is 3. The Bertz CT molecular complexity index is 140. The third kappa shape index (κ3) is 7.34. The highest BCUT2D eigenvalue weighted by Crippen LogP contribution is 2.09. The molecule has 0 aliphatic rings. The van der Waals surface area contributed by atoms with Crippen LogP contribution < -0.4 is 10.6 Å². The maximum absolute atomic E-state index is 10.9. The van der Waals surface area contributed by atoms with Gasteiger partial charge in [-0.2, -0.15) is 0 Å². The van der Waals surface area contributed by atoms with Gasteiger partial charge in [-0.05, 0) is 12.5 Å². The Labute approximate surface area is 73.7 Å². The summed E-state index contributed by atoms with van der Waals surface area (Å²) in [4.78, 5) is 10.9. The van der Waals surface area contributed by atoms with Crippen molar-refractivity contribution in [1.29, 1.82) is 0 Å². The van der Waals surface area contributed by atoms with E-state index < -0.39 is 0 Å². The van der Waals surface area contributed by atoms with Crippen LogP contribution in [0, 0.1) is 5.41 Å². The van der Waals surface area contributed by atoms with Crippen LogP contribution in [0.15, 0.2) is 0 Å². The fourth-order valence-corrected chi connectivity index (χ4v) is 0.526. The number of alkyl carbamates (subject to hydrolysis) is 1. The molecule has 0 bridgehead atoms.